The van der Waals surface area contributed by atoms with E-state index in [1.54, 1.807) is 6.26 Å². The van der Waals surface area contributed by atoms with Crippen molar-refractivity contribution in [2.75, 3.05) is 5.32 Å². The van der Waals surface area contributed by atoms with Gasteiger partial charge >= 0.3 is 0 Å². The van der Waals surface area contributed by atoms with Crippen LogP contribution in [-0.2, 0) is 6.54 Å². The lowest BCUT2D eigenvalue weighted by molar-refractivity contribution is 0.566. The Kier molecular flexibility index (Phi) is 1.94. The van der Waals surface area contributed by atoms with Crippen molar-refractivity contribution in [3.8, 4) is 0 Å². The maximum atomic E-state index is 5.31. The number of rotatable bonds is 5. The van der Waals surface area contributed by atoms with E-state index >= 15 is 0 Å². The minimum Gasteiger partial charge on any atom is -0.432 e. The van der Waals surface area contributed by atoms with E-state index in [-0.39, 0.29) is 0 Å². The highest BCUT2D eigenvalue weighted by atomic mass is 16.4. The summed E-state index contributed by atoms with van der Waals surface area (Å²) in [6.45, 7) is 0.834. The van der Waals surface area contributed by atoms with Crippen LogP contribution in [0.25, 0.3) is 0 Å². The summed E-state index contributed by atoms with van der Waals surface area (Å²) in [6, 6.07) is 2.02. The largest absolute Gasteiger partial charge is 0.432 e. The van der Waals surface area contributed by atoms with Crippen molar-refractivity contribution in [2.24, 2.45) is 0 Å². The fourth-order valence-corrected chi connectivity index (χ4v) is 1.39. The second-order valence-corrected chi connectivity index (χ2v) is 4.22. The third-order valence-electron chi connectivity index (χ3n) is 2.61. The molecule has 2 fully saturated rings. The average molecular weight is 193 g/mol. The molecule has 14 heavy (non-hydrogen) atoms. The zero-order valence-corrected chi connectivity index (χ0v) is 8.12. The molecule has 2 saturated carbocycles. The van der Waals surface area contributed by atoms with Crippen LogP contribution in [0.5, 0.6) is 0 Å². The Hall–Kier alpha value is -1.03. The Morgan fingerprint density at radius 1 is 1.29 bits per heavy atom. The first-order chi connectivity index (χ1) is 6.90. The molecular weight excluding hydrogens is 178 g/mol. The summed E-state index contributed by atoms with van der Waals surface area (Å²) in [5.41, 5.74) is 1.00. The van der Waals surface area contributed by atoms with Crippen molar-refractivity contribution in [1.29, 1.82) is 0 Å². The summed E-state index contributed by atoms with van der Waals surface area (Å²) >= 11 is 0. The van der Waals surface area contributed by atoms with E-state index in [4.69, 9.17) is 4.42 Å². The summed E-state index contributed by atoms with van der Waals surface area (Å²) in [6.07, 6.45) is 6.85. The number of aromatic nitrogens is 1. The van der Waals surface area contributed by atoms with E-state index < -0.39 is 0 Å². The van der Waals surface area contributed by atoms with Crippen LogP contribution in [0.2, 0.25) is 0 Å². The van der Waals surface area contributed by atoms with Crippen LogP contribution in [0, 0.1) is 0 Å². The van der Waals surface area contributed by atoms with Gasteiger partial charge in [0.2, 0.25) is 0 Å². The predicted molar refractivity (Wildman–Crippen MR) is 53.0 cm³/mol. The van der Waals surface area contributed by atoms with Crippen LogP contribution in [0.1, 0.15) is 31.4 Å². The summed E-state index contributed by atoms with van der Waals surface area (Å²) in [7, 11) is 0. The molecule has 0 saturated heterocycles. The summed E-state index contributed by atoms with van der Waals surface area (Å²) in [5.74, 6) is 0. The second-order valence-electron chi connectivity index (χ2n) is 4.22. The standard InChI is InChI=1S/C10H15N3O/c1-2-7(1)11-5-9-6-14-10(13-9)12-8-3-4-8/h6-8,11H,1-5H2,(H,12,13). The molecule has 4 heteroatoms. The highest BCUT2D eigenvalue weighted by Gasteiger charge is 2.23. The number of hydrogen-bond donors (Lipinski definition) is 2. The van der Waals surface area contributed by atoms with Gasteiger partial charge in [0.15, 0.2) is 0 Å². The van der Waals surface area contributed by atoms with Gasteiger partial charge in [-0.25, -0.2) is 0 Å². The highest BCUT2D eigenvalue weighted by Crippen LogP contribution is 2.24. The molecule has 0 spiro atoms. The van der Waals surface area contributed by atoms with E-state index in [0.29, 0.717) is 12.1 Å². The van der Waals surface area contributed by atoms with E-state index in [1.165, 1.54) is 25.7 Å². The van der Waals surface area contributed by atoms with Crippen LogP contribution >= 0.6 is 0 Å². The van der Waals surface area contributed by atoms with Crippen molar-refractivity contribution >= 4 is 6.01 Å². The van der Waals surface area contributed by atoms with Crippen molar-refractivity contribution in [2.45, 2.75) is 44.3 Å². The van der Waals surface area contributed by atoms with E-state index in [9.17, 15) is 0 Å². The Morgan fingerprint density at radius 2 is 2.07 bits per heavy atom. The predicted octanol–water partition coefficient (Wildman–Crippen LogP) is 1.50. The maximum absolute atomic E-state index is 5.31. The zero-order valence-electron chi connectivity index (χ0n) is 8.12. The van der Waals surface area contributed by atoms with Gasteiger partial charge in [0.1, 0.15) is 6.26 Å². The lowest BCUT2D eigenvalue weighted by Gasteiger charge is -1.97. The zero-order chi connectivity index (χ0) is 9.38. The fraction of sp³-hybridized carbons (Fsp3) is 0.700. The van der Waals surface area contributed by atoms with E-state index in [2.05, 4.69) is 15.6 Å². The first kappa shape index (κ1) is 8.29. The monoisotopic (exact) mass is 193 g/mol. The third kappa shape index (κ3) is 2.07. The molecule has 4 nitrogen and oxygen atoms in total. The van der Waals surface area contributed by atoms with E-state index in [0.717, 1.165) is 18.3 Å². The average Bonchev–Trinajstić information content (AvgIpc) is 3.06. The van der Waals surface area contributed by atoms with Gasteiger partial charge in [0.05, 0.1) is 5.69 Å². The van der Waals surface area contributed by atoms with Gasteiger partial charge < -0.3 is 15.1 Å². The quantitative estimate of drug-likeness (QED) is 0.744. The van der Waals surface area contributed by atoms with Gasteiger partial charge in [-0.15, -0.1) is 0 Å². The molecule has 76 valence electrons. The maximum Gasteiger partial charge on any atom is 0.294 e. The molecule has 0 aromatic carbocycles. The second kappa shape index (κ2) is 3.28. The van der Waals surface area contributed by atoms with Crippen LogP contribution in [-0.4, -0.2) is 17.1 Å². The number of nitrogens with zero attached hydrogens (tertiary/aromatic N) is 1. The van der Waals surface area contributed by atoms with Crippen molar-refractivity contribution in [1.82, 2.24) is 10.3 Å². The molecule has 2 aliphatic rings. The normalized spacial score (nSPS) is 21.1. The SMILES string of the molecule is c1oc(NC2CC2)nc1CNC1CC1. The number of nitrogens with one attached hydrogen (secondary N) is 2. The van der Waals surface area contributed by atoms with Crippen molar-refractivity contribution < 1.29 is 4.42 Å². The fourth-order valence-electron chi connectivity index (χ4n) is 1.39. The molecule has 0 aliphatic heterocycles. The molecule has 2 aliphatic carbocycles. The molecule has 0 radical (unpaired) electrons. The summed E-state index contributed by atoms with van der Waals surface area (Å²) in [5, 5.41) is 6.64. The van der Waals surface area contributed by atoms with Crippen LogP contribution < -0.4 is 10.6 Å². The first-order valence-corrected chi connectivity index (χ1v) is 5.34. The molecule has 0 amide bonds. The Labute approximate surface area is 83.1 Å². The van der Waals surface area contributed by atoms with Gasteiger partial charge in [-0.3, -0.25) is 0 Å². The number of anilines is 1. The Bertz CT molecular complexity index is 315. The molecule has 1 heterocycles. The minimum absolute atomic E-state index is 0.609. The van der Waals surface area contributed by atoms with Crippen LogP contribution in [0.4, 0.5) is 6.01 Å². The van der Waals surface area contributed by atoms with Gasteiger partial charge in [-0.1, -0.05) is 0 Å². The molecule has 0 bridgehead atoms. The topological polar surface area (TPSA) is 50.1 Å². The van der Waals surface area contributed by atoms with Gasteiger partial charge in [-0.2, -0.15) is 4.98 Å². The highest BCUT2D eigenvalue weighted by molar-refractivity contribution is 5.25. The Morgan fingerprint density at radius 3 is 2.79 bits per heavy atom. The third-order valence-corrected chi connectivity index (χ3v) is 2.61. The number of oxazole rings is 1. The lowest BCUT2D eigenvalue weighted by atomic mass is 10.5. The van der Waals surface area contributed by atoms with E-state index in [1.807, 2.05) is 0 Å². The first-order valence-electron chi connectivity index (χ1n) is 5.34. The van der Waals surface area contributed by atoms with Crippen molar-refractivity contribution in [3.63, 3.8) is 0 Å². The van der Waals surface area contributed by atoms with Gasteiger partial charge in [0, 0.05) is 18.6 Å². The molecule has 1 aromatic rings. The van der Waals surface area contributed by atoms with Crippen LogP contribution in [0.3, 0.4) is 0 Å². The molecule has 0 unspecified atom stereocenters. The molecule has 0 atom stereocenters. The summed E-state index contributed by atoms with van der Waals surface area (Å²) in [4.78, 5) is 4.35. The van der Waals surface area contributed by atoms with Crippen LogP contribution in [0.15, 0.2) is 10.7 Å². The van der Waals surface area contributed by atoms with Gasteiger partial charge in [0.25, 0.3) is 6.01 Å². The minimum atomic E-state index is 0.609. The van der Waals surface area contributed by atoms with Crippen molar-refractivity contribution in [3.05, 3.63) is 12.0 Å². The molecule has 3 rings (SSSR count). The molecular formula is C10H15N3O. The summed E-state index contributed by atoms with van der Waals surface area (Å²) < 4.78 is 5.31. The van der Waals surface area contributed by atoms with Gasteiger partial charge in [-0.05, 0) is 25.7 Å². The molecule has 2 N–H and O–H groups in total. The Balaban J connectivity index is 1.52. The smallest absolute Gasteiger partial charge is 0.294 e. The number of hydrogen-bond acceptors (Lipinski definition) is 4. The molecule has 1 aromatic heterocycles. The lowest BCUT2D eigenvalue weighted by Crippen LogP contribution is -2.15.